The minimum absolute atomic E-state index is 0.0148. The average Bonchev–Trinajstić information content (AvgIpc) is 2.63. The van der Waals surface area contributed by atoms with Gasteiger partial charge in [-0.2, -0.15) is 0 Å². The molecule has 4 heteroatoms. The summed E-state index contributed by atoms with van der Waals surface area (Å²) in [5.41, 5.74) is 0.578. The zero-order valence-corrected chi connectivity index (χ0v) is 16.1. The van der Waals surface area contributed by atoms with Crippen molar-refractivity contribution in [3.05, 3.63) is 23.8 Å². The van der Waals surface area contributed by atoms with Crippen molar-refractivity contribution < 1.29 is 20.1 Å². The molecule has 0 spiro atoms. The molecule has 0 bridgehead atoms. The van der Waals surface area contributed by atoms with Gasteiger partial charge >= 0.3 is 0 Å². The zero-order valence-electron chi connectivity index (χ0n) is 16.1. The number of hydrogen-bond donors (Lipinski definition) is 3. The molecule has 0 saturated carbocycles. The molecule has 0 atom stereocenters. The normalized spacial score (nSPS) is 11.2. The Morgan fingerprint density at radius 3 is 2.04 bits per heavy atom. The third kappa shape index (κ3) is 5.20. The van der Waals surface area contributed by atoms with E-state index in [-0.39, 0.29) is 22.6 Å². The quantitative estimate of drug-likeness (QED) is 0.331. The lowest BCUT2D eigenvalue weighted by Gasteiger charge is -2.14. The molecule has 26 heavy (non-hydrogen) atoms. The summed E-state index contributed by atoms with van der Waals surface area (Å²) in [5.74, 6) is 0.471. The summed E-state index contributed by atoms with van der Waals surface area (Å²) in [7, 11) is 0. The van der Waals surface area contributed by atoms with Gasteiger partial charge in [-0.3, -0.25) is 0 Å². The largest absolute Gasteiger partial charge is 0.507 e. The van der Waals surface area contributed by atoms with Crippen LogP contribution >= 0.6 is 0 Å². The van der Waals surface area contributed by atoms with E-state index >= 15 is 0 Å². The molecule has 0 radical (unpaired) electrons. The van der Waals surface area contributed by atoms with Crippen LogP contribution in [0.1, 0.15) is 70.3 Å². The molecule has 0 aliphatic heterocycles. The number of benzene rings is 2. The van der Waals surface area contributed by atoms with Gasteiger partial charge in [0, 0.05) is 10.9 Å². The van der Waals surface area contributed by atoms with E-state index in [0.717, 1.165) is 12.8 Å². The Kier molecular flexibility index (Phi) is 7.89. The lowest BCUT2D eigenvalue weighted by Crippen LogP contribution is -1.99. The number of rotatable bonds is 11. The molecule has 2 rings (SSSR count). The Morgan fingerprint density at radius 2 is 1.38 bits per heavy atom. The molecule has 0 saturated heterocycles. The van der Waals surface area contributed by atoms with Crippen LogP contribution < -0.4 is 4.74 Å². The van der Waals surface area contributed by atoms with Crippen molar-refractivity contribution in [2.75, 3.05) is 6.61 Å². The molecule has 2 aromatic carbocycles. The molecule has 4 nitrogen and oxygen atoms in total. The van der Waals surface area contributed by atoms with Crippen LogP contribution in [0.25, 0.3) is 10.8 Å². The SMILES string of the molecule is CCCCCCCCCCCOc1cc2c(O)ccc(O)c2c(O)c1C. The van der Waals surface area contributed by atoms with Crippen molar-refractivity contribution in [1.29, 1.82) is 0 Å². The number of aromatic hydroxyl groups is 3. The highest BCUT2D eigenvalue weighted by Crippen LogP contribution is 2.43. The van der Waals surface area contributed by atoms with Gasteiger partial charge < -0.3 is 20.1 Å². The molecule has 0 aromatic heterocycles. The molecule has 3 N–H and O–H groups in total. The van der Waals surface area contributed by atoms with Crippen LogP contribution in [-0.2, 0) is 0 Å². The predicted octanol–water partition coefficient (Wildman–Crippen LogP) is 6.17. The molecule has 0 fully saturated rings. The summed E-state index contributed by atoms with van der Waals surface area (Å²) in [6.45, 7) is 4.58. The highest BCUT2D eigenvalue weighted by atomic mass is 16.5. The topological polar surface area (TPSA) is 69.9 Å². The third-order valence-electron chi connectivity index (χ3n) is 4.94. The van der Waals surface area contributed by atoms with Crippen molar-refractivity contribution in [2.45, 2.75) is 71.6 Å². The number of phenols is 3. The first-order valence-corrected chi connectivity index (χ1v) is 9.86. The van der Waals surface area contributed by atoms with Crippen molar-refractivity contribution in [2.24, 2.45) is 0 Å². The minimum atomic E-state index is -0.0520. The second kappa shape index (κ2) is 10.1. The van der Waals surface area contributed by atoms with Crippen LogP contribution in [0.15, 0.2) is 18.2 Å². The first-order valence-electron chi connectivity index (χ1n) is 9.86. The third-order valence-corrected chi connectivity index (χ3v) is 4.94. The Hall–Kier alpha value is -2.10. The van der Waals surface area contributed by atoms with Gasteiger partial charge in [0.05, 0.1) is 12.0 Å². The van der Waals surface area contributed by atoms with Gasteiger partial charge in [0.25, 0.3) is 0 Å². The van der Waals surface area contributed by atoms with E-state index in [1.54, 1.807) is 13.0 Å². The molecule has 0 heterocycles. The van der Waals surface area contributed by atoms with Gasteiger partial charge in [-0.1, -0.05) is 58.3 Å². The number of fused-ring (bicyclic) bond motifs is 1. The van der Waals surface area contributed by atoms with Crippen LogP contribution in [0.5, 0.6) is 23.0 Å². The minimum Gasteiger partial charge on any atom is -0.507 e. The van der Waals surface area contributed by atoms with Crippen molar-refractivity contribution >= 4 is 10.8 Å². The molecule has 0 aliphatic carbocycles. The van der Waals surface area contributed by atoms with Crippen LogP contribution in [0.3, 0.4) is 0 Å². The zero-order chi connectivity index (χ0) is 18.9. The van der Waals surface area contributed by atoms with Crippen LogP contribution in [0.4, 0.5) is 0 Å². The van der Waals surface area contributed by atoms with Gasteiger partial charge in [0.15, 0.2) is 0 Å². The van der Waals surface area contributed by atoms with E-state index in [1.165, 1.54) is 57.1 Å². The van der Waals surface area contributed by atoms with Gasteiger partial charge in [-0.25, -0.2) is 0 Å². The van der Waals surface area contributed by atoms with E-state index in [2.05, 4.69) is 6.92 Å². The fraction of sp³-hybridized carbons (Fsp3) is 0.545. The highest BCUT2D eigenvalue weighted by molar-refractivity contribution is 5.99. The Morgan fingerprint density at radius 1 is 0.808 bits per heavy atom. The van der Waals surface area contributed by atoms with E-state index in [4.69, 9.17) is 4.74 Å². The summed E-state index contributed by atoms with van der Waals surface area (Å²) in [6.07, 6.45) is 11.3. The standard InChI is InChI=1S/C22H32O4/c1-3-4-5-6-7-8-9-10-11-14-26-20-15-17-18(23)12-13-19(24)21(17)22(25)16(20)2/h12-13,15,23-25H,3-11,14H2,1-2H3. The monoisotopic (exact) mass is 360 g/mol. The van der Waals surface area contributed by atoms with Crippen LogP contribution in [0.2, 0.25) is 0 Å². The lowest BCUT2D eigenvalue weighted by atomic mass is 10.0. The fourth-order valence-electron chi connectivity index (χ4n) is 3.28. The maximum atomic E-state index is 10.4. The van der Waals surface area contributed by atoms with Gasteiger partial charge in [-0.15, -0.1) is 0 Å². The highest BCUT2D eigenvalue weighted by Gasteiger charge is 2.15. The van der Waals surface area contributed by atoms with Gasteiger partial charge in [-0.05, 0) is 31.5 Å². The maximum absolute atomic E-state index is 10.4. The van der Waals surface area contributed by atoms with Crippen LogP contribution in [-0.4, -0.2) is 21.9 Å². The summed E-state index contributed by atoms with van der Waals surface area (Å²) < 4.78 is 5.83. The first kappa shape index (κ1) is 20.2. The smallest absolute Gasteiger partial charge is 0.133 e. The Balaban J connectivity index is 1.82. The lowest BCUT2D eigenvalue weighted by molar-refractivity contribution is 0.301. The molecule has 2 aromatic rings. The molecular weight excluding hydrogens is 328 g/mol. The van der Waals surface area contributed by atoms with Gasteiger partial charge in [0.2, 0.25) is 0 Å². The number of ether oxygens (including phenoxy) is 1. The summed E-state index contributed by atoms with van der Waals surface area (Å²) in [6, 6.07) is 4.48. The number of phenolic OH excluding ortho intramolecular Hbond substituents is 3. The Labute approximate surface area is 156 Å². The first-order chi connectivity index (χ1) is 12.6. The van der Waals surface area contributed by atoms with Crippen LogP contribution in [0, 0.1) is 6.92 Å². The molecular formula is C22H32O4. The average molecular weight is 360 g/mol. The summed E-state index contributed by atoms with van der Waals surface area (Å²) >= 11 is 0. The van der Waals surface area contributed by atoms with Crippen molar-refractivity contribution in [3.8, 4) is 23.0 Å². The second-order valence-corrected chi connectivity index (χ2v) is 7.05. The predicted molar refractivity (Wildman–Crippen MR) is 106 cm³/mol. The number of unbranched alkanes of at least 4 members (excludes halogenated alkanes) is 8. The van der Waals surface area contributed by atoms with E-state index in [1.807, 2.05) is 0 Å². The summed E-state index contributed by atoms with van der Waals surface area (Å²) in [4.78, 5) is 0. The molecule has 0 unspecified atom stereocenters. The van der Waals surface area contributed by atoms with Gasteiger partial charge in [0.1, 0.15) is 23.0 Å². The van der Waals surface area contributed by atoms with E-state index < -0.39 is 0 Å². The molecule has 144 valence electrons. The van der Waals surface area contributed by atoms with Crippen molar-refractivity contribution in [1.82, 2.24) is 0 Å². The van der Waals surface area contributed by atoms with E-state index in [9.17, 15) is 15.3 Å². The Bertz CT molecular complexity index is 709. The molecule has 0 aliphatic rings. The number of hydrogen-bond acceptors (Lipinski definition) is 4. The fourth-order valence-corrected chi connectivity index (χ4v) is 3.28. The molecule has 0 amide bonds. The van der Waals surface area contributed by atoms with Crippen molar-refractivity contribution in [3.63, 3.8) is 0 Å². The summed E-state index contributed by atoms with van der Waals surface area (Å²) in [5, 5.41) is 31.0. The van der Waals surface area contributed by atoms with E-state index in [0.29, 0.717) is 23.3 Å². The maximum Gasteiger partial charge on any atom is 0.133 e. The second-order valence-electron chi connectivity index (χ2n) is 7.05.